The Bertz CT molecular complexity index is 2460. The number of aryl methyl sites for hydroxylation is 2. The topological polar surface area (TPSA) is 153 Å². The first-order valence-electron chi connectivity index (χ1n) is 22.9. The molecule has 66 heavy (non-hydrogen) atoms. The Morgan fingerprint density at radius 2 is 1.64 bits per heavy atom. The van der Waals surface area contributed by atoms with Crippen LogP contribution >= 0.6 is 46.1 Å². The van der Waals surface area contributed by atoms with Gasteiger partial charge < -0.3 is 25.2 Å². The molecular formula is C47H58Cl3N11O4S. The highest BCUT2D eigenvalue weighted by molar-refractivity contribution is 7.15. The van der Waals surface area contributed by atoms with Crippen molar-refractivity contribution in [2.45, 2.75) is 65.8 Å². The number of aliphatic imine (C=N–C) groups is 1. The summed E-state index contributed by atoms with van der Waals surface area (Å²) in [6.45, 7) is 16.8. The molecular weight excluding hydrogens is 921 g/mol. The van der Waals surface area contributed by atoms with E-state index in [9.17, 15) is 14.4 Å². The van der Waals surface area contributed by atoms with Crippen LogP contribution in [0.3, 0.4) is 0 Å². The fourth-order valence-corrected chi connectivity index (χ4v) is 10.6. The van der Waals surface area contributed by atoms with E-state index in [1.54, 1.807) is 28.5 Å². The van der Waals surface area contributed by atoms with E-state index in [0.717, 1.165) is 98.6 Å². The van der Waals surface area contributed by atoms with Gasteiger partial charge in [0.25, 0.3) is 0 Å². The van der Waals surface area contributed by atoms with Crippen molar-refractivity contribution >= 4 is 81.1 Å². The van der Waals surface area contributed by atoms with Gasteiger partial charge in [-0.1, -0.05) is 53.9 Å². The SMILES string of the molecule is Cc1sc2c(c1C)C(c1ccc(Cl)cc1)=N[C@@H](CC(=O)N1CCC(CN3CCN(CCOCC(=O)NCCCC(=O)NC4=NN(c5ccc(Cl)c(Cl)c5)CC4C)CC3)CC1)c1nnc(C)n1-2. The van der Waals surface area contributed by atoms with Crippen molar-refractivity contribution in [2.75, 3.05) is 83.7 Å². The molecule has 352 valence electrons. The molecule has 4 aliphatic rings. The molecule has 15 nitrogen and oxygen atoms in total. The highest BCUT2D eigenvalue weighted by Gasteiger charge is 2.35. The van der Waals surface area contributed by atoms with E-state index in [-0.39, 0.29) is 43.1 Å². The monoisotopic (exact) mass is 977 g/mol. The van der Waals surface area contributed by atoms with Gasteiger partial charge in [-0.2, -0.15) is 5.10 Å². The lowest BCUT2D eigenvalue weighted by Crippen LogP contribution is -2.49. The summed E-state index contributed by atoms with van der Waals surface area (Å²) in [5.41, 5.74) is 4.85. The van der Waals surface area contributed by atoms with Crippen molar-refractivity contribution in [3.8, 4) is 5.00 Å². The van der Waals surface area contributed by atoms with Gasteiger partial charge in [0, 0.05) is 92.3 Å². The van der Waals surface area contributed by atoms with E-state index in [1.165, 1.54) is 10.4 Å². The molecule has 0 aliphatic carbocycles. The number of piperidine rings is 1. The number of aromatic nitrogens is 3. The third-order valence-corrected chi connectivity index (χ3v) is 15.2. The number of halogens is 3. The number of carbonyl (C=O) groups excluding carboxylic acids is 3. The van der Waals surface area contributed by atoms with Crippen molar-refractivity contribution in [2.24, 2.45) is 21.9 Å². The molecule has 2 saturated heterocycles. The lowest BCUT2D eigenvalue weighted by Gasteiger charge is -2.39. The Labute approximate surface area is 405 Å². The molecule has 0 spiro atoms. The summed E-state index contributed by atoms with van der Waals surface area (Å²) >= 11 is 20.2. The highest BCUT2D eigenvalue weighted by atomic mass is 35.5. The van der Waals surface area contributed by atoms with Crippen LogP contribution < -0.4 is 15.6 Å². The predicted octanol–water partition coefficient (Wildman–Crippen LogP) is 6.85. The van der Waals surface area contributed by atoms with Crippen LogP contribution in [-0.4, -0.2) is 137 Å². The van der Waals surface area contributed by atoms with Crippen LogP contribution in [0, 0.1) is 32.6 Å². The van der Waals surface area contributed by atoms with Crippen LogP contribution in [0.5, 0.6) is 0 Å². The van der Waals surface area contributed by atoms with E-state index in [0.29, 0.717) is 58.8 Å². The molecule has 0 bridgehead atoms. The summed E-state index contributed by atoms with van der Waals surface area (Å²) in [5.74, 6) is 2.41. The van der Waals surface area contributed by atoms with Gasteiger partial charge in [0.15, 0.2) is 5.82 Å². The summed E-state index contributed by atoms with van der Waals surface area (Å²) in [7, 11) is 0. The number of anilines is 1. The van der Waals surface area contributed by atoms with Gasteiger partial charge in [-0.15, -0.1) is 21.5 Å². The van der Waals surface area contributed by atoms with E-state index >= 15 is 0 Å². The van der Waals surface area contributed by atoms with Crippen LogP contribution in [-0.2, 0) is 19.1 Å². The number of nitrogens with zero attached hydrogens (tertiary/aromatic N) is 9. The van der Waals surface area contributed by atoms with Gasteiger partial charge >= 0.3 is 0 Å². The number of amidine groups is 1. The van der Waals surface area contributed by atoms with Crippen molar-refractivity contribution in [3.63, 3.8) is 0 Å². The summed E-state index contributed by atoms with van der Waals surface area (Å²) < 4.78 is 7.80. The molecule has 2 N–H and O–H groups in total. The minimum Gasteiger partial charge on any atom is -0.370 e. The Hall–Kier alpha value is -4.42. The number of thiophene rings is 1. The van der Waals surface area contributed by atoms with Gasteiger partial charge in [0.2, 0.25) is 17.7 Å². The largest absolute Gasteiger partial charge is 0.370 e. The van der Waals surface area contributed by atoms with E-state index in [4.69, 9.17) is 44.5 Å². The van der Waals surface area contributed by atoms with Crippen molar-refractivity contribution in [1.82, 2.24) is 40.1 Å². The Kier molecular flexibility index (Phi) is 15.8. The molecule has 0 radical (unpaired) electrons. The lowest BCUT2D eigenvalue weighted by atomic mass is 9.95. The average Bonchev–Trinajstić information content (AvgIpc) is 3.94. The molecule has 8 rings (SSSR count). The fraction of sp³-hybridized carbons (Fsp3) is 0.511. The summed E-state index contributed by atoms with van der Waals surface area (Å²) in [6, 6.07) is 12.6. The minimum absolute atomic E-state index is 0.0128. The Morgan fingerprint density at radius 3 is 2.38 bits per heavy atom. The van der Waals surface area contributed by atoms with Crippen LogP contribution in [0.2, 0.25) is 15.1 Å². The van der Waals surface area contributed by atoms with E-state index in [2.05, 4.69) is 54.1 Å². The fourth-order valence-electron chi connectivity index (χ4n) is 9.02. The molecule has 3 amide bonds. The number of hydrogen-bond acceptors (Lipinski definition) is 12. The summed E-state index contributed by atoms with van der Waals surface area (Å²) in [6.07, 6.45) is 2.94. The molecule has 1 unspecified atom stereocenters. The maximum absolute atomic E-state index is 14.0. The standard InChI is InChI=1S/C47H58Cl3N11O4S/c1-29-26-60(36-11-12-37(49)38(50)24-36)56-45(29)53-40(62)6-5-15-51-41(63)28-65-23-22-57-18-20-58(21-19-57)27-33-13-16-59(17-14-33)42(64)25-39-46-55-54-32(4)61(46)47-43(30(2)31(3)66-47)44(52-39)34-7-9-35(48)10-8-34/h7-12,24,29,33,39H,5-6,13-23,25-28H2,1-4H3,(H,51,63)(H,53,56,62)/t29?,39-/m0/s1. The van der Waals surface area contributed by atoms with E-state index < -0.39 is 6.04 Å². The van der Waals surface area contributed by atoms with Crippen LogP contribution in [0.25, 0.3) is 5.00 Å². The lowest BCUT2D eigenvalue weighted by molar-refractivity contribution is -0.133. The first-order valence-corrected chi connectivity index (χ1v) is 24.8. The number of ether oxygens (including phenoxy) is 1. The third-order valence-electron chi connectivity index (χ3n) is 13.0. The number of fused-ring (bicyclic) bond motifs is 3. The predicted molar refractivity (Wildman–Crippen MR) is 262 cm³/mol. The number of hydrogen-bond donors (Lipinski definition) is 2. The van der Waals surface area contributed by atoms with Crippen LogP contribution in [0.4, 0.5) is 5.69 Å². The summed E-state index contributed by atoms with van der Waals surface area (Å²) in [4.78, 5) is 52.4. The van der Waals surface area contributed by atoms with Gasteiger partial charge in [0.1, 0.15) is 29.3 Å². The third kappa shape index (κ3) is 11.5. The van der Waals surface area contributed by atoms with Gasteiger partial charge in [-0.25, -0.2) is 0 Å². The molecule has 2 aromatic heterocycles. The molecule has 6 heterocycles. The maximum atomic E-state index is 14.0. The quantitative estimate of drug-likeness (QED) is 0.122. The minimum atomic E-state index is -0.475. The second-order valence-corrected chi connectivity index (χ2v) is 20.2. The zero-order valence-corrected chi connectivity index (χ0v) is 41.1. The number of hydrazone groups is 1. The Balaban J connectivity index is 0.708. The van der Waals surface area contributed by atoms with E-state index in [1.807, 2.05) is 49.1 Å². The number of carbonyl (C=O) groups is 3. The molecule has 19 heteroatoms. The molecule has 2 fully saturated rings. The number of amides is 3. The zero-order chi connectivity index (χ0) is 46.5. The number of benzene rings is 2. The normalized spacial score (nSPS) is 19.3. The highest BCUT2D eigenvalue weighted by Crippen LogP contribution is 2.40. The van der Waals surface area contributed by atoms with Crippen molar-refractivity contribution < 1.29 is 19.1 Å². The molecule has 4 aromatic rings. The van der Waals surface area contributed by atoms with Crippen LogP contribution in [0.1, 0.15) is 78.3 Å². The molecule has 2 atom stereocenters. The van der Waals surface area contributed by atoms with Crippen molar-refractivity contribution in [3.05, 3.63) is 90.7 Å². The molecule has 0 saturated carbocycles. The average molecular weight is 979 g/mol. The number of rotatable bonds is 15. The second kappa shape index (κ2) is 21.7. The first-order chi connectivity index (χ1) is 31.8. The van der Waals surface area contributed by atoms with Gasteiger partial charge in [-0.05, 0) is 81.8 Å². The van der Waals surface area contributed by atoms with Gasteiger partial charge in [0.05, 0.1) is 41.0 Å². The zero-order valence-electron chi connectivity index (χ0n) is 38.0. The van der Waals surface area contributed by atoms with Crippen molar-refractivity contribution in [1.29, 1.82) is 0 Å². The second-order valence-electron chi connectivity index (χ2n) is 17.7. The molecule has 2 aromatic carbocycles. The smallest absolute Gasteiger partial charge is 0.245 e. The van der Waals surface area contributed by atoms with Crippen LogP contribution in [0.15, 0.2) is 52.6 Å². The molecule has 4 aliphatic heterocycles. The number of likely N-dealkylation sites (tertiary alicyclic amines) is 1. The van der Waals surface area contributed by atoms with Gasteiger partial charge in [-0.3, -0.25) is 33.9 Å². The number of nitrogens with one attached hydrogen (secondary N) is 2. The first kappa shape index (κ1) is 48.1. The maximum Gasteiger partial charge on any atom is 0.245 e. The Morgan fingerprint density at radius 1 is 0.894 bits per heavy atom. The number of piperazine rings is 1. The summed E-state index contributed by atoms with van der Waals surface area (Å²) in [5, 5.41) is 23.8.